The first kappa shape index (κ1) is 12.6. The van der Waals surface area contributed by atoms with E-state index >= 15 is 0 Å². The van der Waals surface area contributed by atoms with Gasteiger partial charge in [0, 0.05) is 48.6 Å². The molecule has 0 aliphatic heterocycles. The topological polar surface area (TPSA) is 29.9 Å². The lowest BCUT2D eigenvalue weighted by molar-refractivity contribution is 0.687. The van der Waals surface area contributed by atoms with E-state index in [1.807, 2.05) is 18.5 Å². The third-order valence-electron chi connectivity index (χ3n) is 4.11. The van der Waals surface area contributed by atoms with Crippen LogP contribution in [-0.4, -0.2) is 15.6 Å². The second-order valence-corrected chi connectivity index (χ2v) is 5.82. The summed E-state index contributed by atoms with van der Waals surface area (Å²) in [5.41, 5.74) is 3.93. The Balaban J connectivity index is 1.67. The molecule has 1 aliphatic rings. The average molecular weight is 277 g/mol. The van der Waals surface area contributed by atoms with Crippen molar-refractivity contribution in [1.82, 2.24) is 14.9 Å². The quantitative estimate of drug-likeness (QED) is 0.775. The third-order valence-corrected chi connectivity index (χ3v) is 4.11. The van der Waals surface area contributed by atoms with Gasteiger partial charge >= 0.3 is 0 Å². The zero-order valence-electron chi connectivity index (χ0n) is 12.0. The van der Waals surface area contributed by atoms with E-state index in [-0.39, 0.29) is 0 Å². The minimum Gasteiger partial charge on any atom is -0.343 e. The van der Waals surface area contributed by atoms with Crippen molar-refractivity contribution in [3.63, 3.8) is 0 Å². The van der Waals surface area contributed by atoms with Gasteiger partial charge in [-0.15, -0.1) is 0 Å². The molecule has 0 unspecified atom stereocenters. The van der Waals surface area contributed by atoms with E-state index in [2.05, 4.69) is 51.4 Å². The van der Waals surface area contributed by atoms with Crippen molar-refractivity contribution in [3.8, 4) is 0 Å². The van der Waals surface area contributed by atoms with Gasteiger partial charge in [-0.05, 0) is 36.1 Å². The Bertz CT molecular complexity index is 742. The molecule has 0 saturated heterocycles. The summed E-state index contributed by atoms with van der Waals surface area (Å²) in [7, 11) is 0. The zero-order chi connectivity index (χ0) is 14.1. The highest BCUT2D eigenvalue weighted by Gasteiger charge is 2.20. The van der Waals surface area contributed by atoms with Gasteiger partial charge in [0.05, 0.1) is 0 Å². The van der Waals surface area contributed by atoms with E-state index in [4.69, 9.17) is 0 Å². The summed E-state index contributed by atoms with van der Waals surface area (Å²) in [6.07, 6.45) is 8.70. The molecule has 3 nitrogen and oxygen atoms in total. The number of hydrogen-bond acceptors (Lipinski definition) is 2. The summed E-state index contributed by atoms with van der Waals surface area (Å²) in [5, 5.41) is 4.97. The molecule has 1 aromatic carbocycles. The van der Waals surface area contributed by atoms with Crippen LogP contribution in [0, 0.1) is 0 Å². The molecule has 1 N–H and O–H groups in total. The molecular formula is C18H19N3. The van der Waals surface area contributed by atoms with Crippen LogP contribution < -0.4 is 5.32 Å². The highest BCUT2D eigenvalue weighted by molar-refractivity contribution is 5.84. The van der Waals surface area contributed by atoms with Gasteiger partial charge in [0.1, 0.15) is 0 Å². The fourth-order valence-electron chi connectivity index (χ4n) is 2.82. The Kier molecular flexibility index (Phi) is 3.20. The first-order valence-corrected chi connectivity index (χ1v) is 7.59. The monoisotopic (exact) mass is 277 g/mol. The van der Waals surface area contributed by atoms with E-state index in [0.29, 0.717) is 0 Å². The van der Waals surface area contributed by atoms with Crippen molar-refractivity contribution in [2.24, 2.45) is 0 Å². The van der Waals surface area contributed by atoms with Crippen LogP contribution in [0.1, 0.15) is 24.0 Å². The average Bonchev–Trinajstić information content (AvgIpc) is 3.30. The Morgan fingerprint density at radius 1 is 1.14 bits per heavy atom. The first-order chi connectivity index (χ1) is 10.4. The SMILES string of the molecule is c1cncc(Cn2cc(CNC3CC3)c3ccccc32)c1. The molecule has 3 aromatic rings. The predicted octanol–water partition coefficient (Wildman–Crippen LogP) is 3.34. The maximum atomic E-state index is 4.21. The predicted molar refractivity (Wildman–Crippen MR) is 85.1 cm³/mol. The van der Waals surface area contributed by atoms with Gasteiger partial charge in [-0.3, -0.25) is 4.98 Å². The van der Waals surface area contributed by atoms with E-state index < -0.39 is 0 Å². The van der Waals surface area contributed by atoms with Crippen LogP contribution in [0.5, 0.6) is 0 Å². The molecule has 21 heavy (non-hydrogen) atoms. The fraction of sp³-hybridized carbons (Fsp3) is 0.278. The summed E-state index contributed by atoms with van der Waals surface area (Å²) in [4.78, 5) is 4.21. The number of rotatable bonds is 5. The molecule has 2 aromatic heterocycles. The highest BCUT2D eigenvalue weighted by atomic mass is 15.0. The Labute approximate surface area is 124 Å². The van der Waals surface area contributed by atoms with Crippen molar-refractivity contribution in [2.45, 2.75) is 32.0 Å². The van der Waals surface area contributed by atoms with Crippen molar-refractivity contribution >= 4 is 10.9 Å². The summed E-state index contributed by atoms with van der Waals surface area (Å²) >= 11 is 0. The largest absolute Gasteiger partial charge is 0.343 e. The van der Waals surface area contributed by atoms with Crippen LogP contribution in [0.2, 0.25) is 0 Å². The van der Waals surface area contributed by atoms with Crippen LogP contribution in [0.15, 0.2) is 55.0 Å². The summed E-state index contributed by atoms with van der Waals surface area (Å²) in [6.45, 7) is 1.84. The number of pyridine rings is 1. The molecule has 1 aliphatic carbocycles. The van der Waals surface area contributed by atoms with Gasteiger partial charge in [0.15, 0.2) is 0 Å². The lowest BCUT2D eigenvalue weighted by Gasteiger charge is -2.04. The molecule has 3 heteroatoms. The molecule has 0 atom stereocenters. The molecular weight excluding hydrogens is 258 g/mol. The van der Waals surface area contributed by atoms with Crippen LogP contribution in [0.25, 0.3) is 10.9 Å². The van der Waals surface area contributed by atoms with Gasteiger partial charge in [-0.25, -0.2) is 0 Å². The van der Waals surface area contributed by atoms with E-state index in [0.717, 1.165) is 19.1 Å². The molecule has 0 radical (unpaired) electrons. The van der Waals surface area contributed by atoms with Crippen LogP contribution >= 0.6 is 0 Å². The van der Waals surface area contributed by atoms with Gasteiger partial charge in [-0.1, -0.05) is 24.3 Å². The number of nitrogens with one attached hydrogen (secondary N) is 1. The number of benzene rings is 1. The summed E-state index contributed by atoms with van der Waals surface area (Å²) in [6, 6.07) is 13.5. The van der Waals surface area contributed by atoms with Crippen molar-refractivity contribution in [1.29, 1.82) is 0 Å². The molecule has 1 saturated carbocycles. The van der Waals surface area contributed by atoms with Crippen LogP contribution in [0.3, 0.4) is 0 Å². The Morgan fingerprint density at radius 3 is 2.86 bits per heavy atom. The summed E-state index contributed by atoms with van der Waals surface area (Å²) in [5.74, 6) is 0. The third kappa shape index (κ3) is 2.69. The second kappa shape index (κ2) is 5.34. The van der Waals surface area contributed by atoms with E-state index in [1.54, 1.807) is 0 Å². The van der Waals surface area contributed by atoms with Gasteiger partial charge in [0.2, 0.25) is 0 Å². The Hall–Kier alpha value is -2.13. The maximum absolute atomic E-state index is 4.21. The van der Waals surface area contributed by atoms with Crippen molar-refractivity contribution < 1.29 is 0 Å². The zero-order valence-corrected chi connectivity index (χ0v) is 12.0. The summed E-state index contributed by atoms with van der Waals surface area (Å²) < 4.78 is 2.33. The second-order valence-electron chi connectivity index (χ2n) is 5.82. The number of nitrogens with zero attached hydrogens (tertiary/aromatic N) is 2. The molecule has 4 rings (SSSR count). The van der Waals surface area contributed by atoms with E-state index in [1.165, 1.54) is 34.9 Å². The number of fused-ring (bicyclic) bond motifs is 1. The fourth-order valence-corrected chi connectivity index (χ4v) is 2.82. The minimum absolute atomic E-state index is 0.741. The molecule has 0 spiro atoms. The molecule has 106 valence electrons. The molecule has 2 heterocycles. The van der Waals surface area contributed by atoms with E-state index in [9.17, 15) is 0 Å². The lowest BCUT2D eigenvalue weighted by Crippen LogP contribution is -2.14. The normalized spacial score (nSPS) is 14.7. The van der Waals surface area contributed by atoms with Gasteiger partial charge < -0.3 is 9.88 Å². The first-order valence-electron chi connectivity index (χ1n) is 7.59. The van der Waals surface area contributed by atoms with Crippen molar-refractivity contribution in [3.05, 3.63) is 66.1 Å². The minimum atomic E-state index is 0.741. The van der Waals surface area contributed by atoms with Gasteiger partial charge in [-0.2, -0.15) is 0 Å². The van der Waals surface area contributed by atoms with Gasteiger partial charge in [0.25, 0.3) is 0 Å². The highest BCUT2D eigenvalue weighted by Crippen LogP contribution is 2.24. The molecule has 1 fully saturated rings. The smallest absolute Gasteiger partial charge is 0.0491 e. The Morgan fingerprint density at radius 2 is 2.05 bits per heavy atom. The van der Waals surface area contributed by atoms with Crippen LogP contribution in [-0.2, 0) is 13.1 Å². The molecule has 0 bridgehead atoms. The number of hydrogen-bond donors (Lipinski definition) is 1. The number of aromatic nitrogens is 2. The lowest BCUT2D eigenvalue weighted by atomic mass is 10.2. The maximum Gasteiger partial charge on any atom is 0.0491 e. The van der Waals surface area contributed by atoms with Crippen molar-refractivity contribution in [2.75, 3.05) is 0 Å². The standard InChI is InChI=1S/C18H19N3/c1-2-6-18-17(5-1)15(11-20-16-7-8-16)13-21(18)12-14-4-3-9-19-10-14/h1-6,9-10,13,16,20H,7-8,11-12H2. The van der Waals surface area contributed by atoms with Crippen LogP contribution in [0.4, 0.5) is 0 Å². The molecule has 0 amide bonds. The number of para-hydroxylation sites is 1.